The molecule has 0 aromatic heterocycles. The predicted molar refractivity (Wildman–Crippen MR) is 76.6 cm³/mol. The van der Waals surface area contributed by atoms with Gasteiger partial charge in [0.1, 0.15) is 5.82 Å². The van der Waals surface area contributed by atoms with Gasteiger partial charge in [0.25, 0.3) is 0 Å². The first-order chi connectivity index (χ1) is 8.08. The fourth-order valence-electron chi connectivity index (χ4n) is 1.60. The smallest absolute Gasteiger partial charge is 0.129 e. The topological polar surface area (TPSA) is 26.0 Å². The Morgan fingerprint density at radius 2 is 1.76 bits per heavy atom. The summed E-state index contributed by atoms with van der Waals surface area (Å²) in [6, 6.07) is 11.8. The maximum absolute atomic E-state index is 13.7. The fourth-order valence-corrected chi connectivity index (χ4v) is 2.12. The highest BCUT2D eigenvalue weighted by atomic mass is 127. The Balaban J connectivity index is 2.36. The van der Waals surface area contributed by atoms with E-state index in [9.17, 15) is 4.39 Å². The van der Waals surface area contributed by atoms with Crippen molar-refractivity contribution in [2.75, 3.05) is 0 Å². The number of halogens is 3. The van der Waals surface area contributed by atoms with E-state index in [1.165, 1.54) is 6.07 Å². The number of benzene rings is 2. The van der Waals surface area contributed by atoms with E-state index in [4.69, 9.17) is 17.3 Å². The SMILES string of the molecule is NC(c1ccc(I)cc1)c1ccc(Cl)cc1F. The summed E-state index contributed by atoms with van der Waals surface area (Å²) in [6.07, 6.45) is 0. The number of hydrogen-bond donors (Lipinski definition) is 1. The Bertz CT molecular complexity index is 527. The van der Waals surface area contributed by atoms with Crippen LogP contribution in [0.5, 0.6) is 0 Å². The van der Waals surface area contributed by atoms with Crippen LogP contribution in [-0.2, 0) is 0 Å². The van der Waals surface area contributed by atoms with Gasteiger partial charge in [0.2, 0.25) is 0 Å². The molecule has 0 aliphatic rings. The Labute approximate surface area is 118 Å². The molecule has 4 heteroatoms. The molecule has 2 aromatic rings. The first kappa shape index (κ1) is 12.8. The van der Waals surface area contributed by atoms with Crippen LogP contribution in [0.3, 0.4) is 0 Å². The Morgan fingerprint density at radius 3 is 2.35 bits per heavy atom. The van der Waals surface area contributed by atoms with E-state index in [1.54, 1.807) is 12.1 Å². The zero-order valence-corrected chi connectivity index (χ0v) is 11.7. The lowest BCUT2D eigenvalue weighted by Gasteiger charge is -2.13. The molecule has 0 saturated heterocycles. The van der Waals surface area contributed by atoms with Gasteiger partial charge in [0.05, 0.1) is 6.04 Å². The van der Waals surface area contributed by atoms with Gasteiger partial charge in [-0.2, -0.15) is 0 Å². The quantitative estimate of drug-likeness (QED) is 0.800. The maximum Gasteiger partial charge on any atom is 0.129 e. The second-order valence-electron chi connectivity index (χ2n) is 3.70. The van der Waals surface area contributed by atoms with Crippen molar-refractivity contribution < 1.29 is 4.39 Å². The third kappa shape index (κ3) is 2.97. The van der Waals surface area contributed by atoms with Crippen LogP contribution in [0.25, 0.3) is 0 Å². The Hall–Kier alpha value is -0.650. The molecule has 0 radical (unpaired) electrons. The van der Waals surface area contributed by atoms with Gasteiger partial charge in [-0.05, 0) is 52.4 Å². The van der Waals surface area contributed by atoms with Gasteiger partial charge in [-0.15, -0.1) is 0 Å². The lowest BCUT2D eigenvalue weighted by molar-refractivity contribution is 0.600. The molecule has 1 unspecified atom stereocenters. The zero-order valence-electron chi connectivity index (χ0n) is 8.83. The van der Waals surface area contributed by atoms with E-state index in [0.717, 1.165) is 9.13 Å². The molecule has 0 spiro atoms. The van der Waals surface area contributed by atoms with Gasteiger partial charge in [-0.25, -0.2) is 4.39 Å². The van der Waals surface area contributed by atoms with Crippen LogP contribution in [0, 0.1) is 9.39 Å². The summed E-state index contributed by atoms with van der Waals surface area (Å²) in [5.41, 5.74) is 7.37. The zero-order chi connectivity index (χ0) is 12.4. The molecule has 2 rings (SSSR count). The van der Waals surface area contributed by atoms with Crippen LogP contribution in [0.1, 0.15) is 17.2 Å². The lowest BCUT2D eigenvalue weighted by Crippen LogP contribution is -2.13. The molecule has 2 aromatic carbocycles. The molecule has 0 bridgehead atoms. The van der Waals surface area contributed by atoms with E-state index in [-0.39, 0.29) is 5.82 Å². The van der Waals surface area contributed by atoms with Crippen LogP contribution < -0.4 is 5.73 Å². The molecule has 0 saturated carbocycles. The van der Waals surface area contributed by atoms with Crippen LogP contribution >= 0.6 is 34.2 Å². The van der Waals surface area contributed by atoms with Gasteiger partial charge in [0, 0.05) is 14.2 Å². The first-order valence-electron chi connectivity index (χ1n) is 5.04. The minimum atomic E-state index is -0.468. The monoisotopic (exact) mass is 361 g/mol. The highest BCUT2D eigenvalue weighted by Crippen LogP contribution is 2.24. The van der Waals surface area contributed by atoms with E-state index in [0.29, 0.717) is 10.6 Å². The van der Waals surface area contributed by atoms with Crippen molar-refractivity contribution in [2.45, 2.75) is 6.04 Å². The molecule has 1 nitrogen and oxygen atoms in total. The summed E-state index contributed by atoms with van der Waals surface area (Å²) in [7, 11) is 0. The molecule has 17 heavy (non-hydrogen) atoms. The predicted octanol–water partition coefficient (Wildman–Crippen LogP) is 4.13. The molecule has 0 aliphatic heterocycles. The third-order valence-corrected chi connectivity index (χ3v) is 3.48. The van der Waals surface area contributed by atoms with Crippen molar-refractivity contribution in [1.82, 2.24) is 0 Å². The number of rotatable bonds is 2. The van der Waals surface area contributed by atoms with Crippen molar-refractivity contribution in [3.05, 3.63) is 68.0 Å². The molecule has 0 heterocycles. The van der Waals surface area contributed by atoms with Crippen LogP contribution in [0.2, 0.25) is 5.02 Å². The van der Waals surface area contributed by atoms with Crippen molar-refractivity contribution in [1.29, 1.82) is 0 Å². The van der Waals surface area contributed by atoms with Gasteiger partial charge in [-0.1, -0.05) is 29.8 Å². The molecular formula is C13H10ClFIN. The largest absolute Gasteiger partial charge is 0.320 e. The molecule has 2 N–H and O–H groups in total. The van der Waals surface area contributed by atoms with E-state index in [1.807, 2.05) is 24.3 Å². The summed E-state index contributed by atoms with van der Waals surface area (Å²) >= 11 is 7.92. The first-order valence-corrected chi connectivity index (χ1v) is 6.49. The Kier molecular flexibility index (Phi) is 4.01. The molecule has 1 atom stereocenters. The maximum atomic E-state index is 13.7. The molecular weight excluding hydrogens is 352 g/mol. The highest BCUT2D eigenvalue weighted by Gasteiger charge is 2.13. The van der Waals surface area contributed by atoms with E-state index < -0.39 is 6.04 Å². The number of hydrogen-bond acceptors (Lipinski definition) is 1. The molecule has 0 aliphatic carbocycles. The van der Waals surface area contributed by atoms with Gasteiger partial charge < -0.3 is 5.73 Å². The average molecular weight is 362 g/mol. The van der Waals surface area contributed by atoms with Crippen LogP contribution in [0.4, 0.5) is 4.39 Å². The van der Waals surface area contributed by atoms with Crippen molar-refractivity contribution >= 4 is 34.2 Å². The van der Waals surface area contributed by atoms with Crippen molar-refractivity contribution in [2.24, 2.45) is 5.73 Å². The van der Waals surface area contributed by atoms with Gasteiger partial charge in [-0.3, -0.25) is 0 Å². The summed E-state index contributed by atoms with van der Waals surface area (Å²) in [4.78, 5) is 0. The fraction of sp³-hybridized carbons (Fsp3) is 0.0769. The summed E-state index contributed by atoms with van der Waals surface area (Å²) in [6.45, 7) is 0. The summed E-state index contributed by atoms with van der Waals surface area (Å²) < 4.78 is 14.8. The summed E-state index contributed by atoms with van der Waals surface area (Å²) in [5.74, 6) is -0.372. The van der Waals surface area contributed by atoms with E-state index >= 15 is 0 Å². The van der Waals surface area contributed by atoms with E-state index in [2.05, 4.69) is 22.6 Å². The summed E-state index contributed by atoms with van der Waals surface area (Å²) in [5, 5.41) is 0.376. The highest BCUT2D eigenvalue weighted by molar-refractivity contribution is 14.1. The second-order valence-corrected chi connectivity index (χ2v) is 5.38. The average Bonchev–Trinajstić information content (AvgIpc) is 2.29. The molecule has 0 fully saturated rings. The Morgan fingerprint density at radius 1 is 1.12 bits per heavy atom. The third-order valence-electron chi connectivity index (χ3n) is 2.53. The van der Waals surface area contributed by atoms with Crippen LogP contribution in [-0.4, -0.2) is 0 Å². The standard InChI is InChI=1S/C13H10ClFIN/c14-9-3-6-11(12(15)7-9)13(17)8-1-4-10(16)5-2-8/h1-7,13H,17H2. The number of nitrogens with two attached hydrogens (primary N) is 1. The van der Waals surface area contributed by atoms with Gasteiger partial charge in [0.15, 0.2) is 0 Å². The second kappa shape index (κ2) is 5.33. The lowest BCUT2D eigenvalue weighted by atomic mass is 9.99. The van der Waals surface area contributed by atoms with Gasteiger partial charge >= 0.3 is 0 Å². The van der Waals surface area contributed by atoms with Crippen LogP contribution in [0.15, 0.2) is 42.5 Å². The minimum absolute atomic E-state index is 0.372. The molecule has 88 valence electrons. The minimum Gasteiger partial charge on any atom is -0.320 e. The van der Waals surface area contributed by atoms with Crippen molar-refractivity contribution in [3.8, 4) is 0 Å². The van der Waals surface area contributed by atoms with Crippen molar-refractivity contribution in [3.63, 3.8) is 0 Å². The normalized spacial score (nSPS) is 12.5. The molecule has 0 amide bonds.